The molecule has 0 aliphatic rings. The third kappa shape index (κ3) is 3.84. The van der Waals surface area contributed by atoms with Crippen molar-refractivity contribution >= 4 is 0 Å². The van der Waals surface area contributed by atoms with Crippen LogP contribution in [0.5, 0.6) is 0 Å². The van der Waals surface area contributed by atoms with Gasteiger partial charge in [-0.15, -0.1) is 0 Å². The molecule has 0 heterocycles. The summed E-state index contributed by atoms with van der Waals surface area (Å²) >= 11 is 0. The smallest absolute Gasteiger partial charge is 0.00197 e. The molecule has 0 fully saturated rings. The van der Waals surface area contributed by atoms with Gasteiger partial charge in [0.15, 0.2) is 0 Å². The number of benzene rings is 1. The molecule has 0 spiro atoms. The SMILES string of the molecule is CCC(C)C(CNC)c1ccc(C(C)(C)C)cc1. The second-order valence-electron chi connectivity index (χ2n) is 6.42. The fourth-order valence-corrected chi connectivity index (χ4v) is 2.38. The van der Waals surface area contributed by atoms with Crippen molar-refractivity contribution in [3.63, 3.8) is 0 Å². The molecule has 0 aromatic heterocycles. The van der Waals surface area contributed by atoms with Crippen LogP contribution < -0.4 is 5.32 Å². The molecule has 18 heavy (non-hydrogen) atoms. The van der Waals surface area contributed by atoms with Gasteiger partial charge in [0, 0.05) is 6.54 Å². The summed E-state index contributed by atoms with van der Waals surface area (Å²) in [7, 11) is 2.04. The number of hydrogen-bond donors (Lipinski definition) is 1. The van der Waals surface area contributed by atoms with E-state index in [-0.39, 0.29) is 5.41 Å². The first-order valence-electron chi connectivity index (χ1n) is 7.15. The summed E-state index contributed by atoms with van der Waals surface area (Å²) < 4.78 is 0. The van der Waals surface area contributed by atoms with Crippen LogP contribution in [0.1, 0.15) is 58.1 Å². The molecule has 0 aliphatic carbocycles. The van der Waals surface area contributed by atoms with E-state index in [9.17, 15) is 0 Å². The van der Waals surface area contributed by atoms with E-state index < -0.39 is 0 Å². The van der Waals surface area contributed by atoms with Gasteiger partial charge < -0.3 is 5.32 Å². The third-order valence-electron chi connectivity index (χ3n) is 3.96. The molecular weight excluding hydrogens is 218 g/mol. The van der Waals surface area contributed by atoms with E-state index in [2.05, 4.69) is 64.2 Å². The molecule has 0 bridgehead atoms. The first kappa shape index (κ1) is 15.2. The van der Waals surface area contributed by atoms with Crippen LogP contribution >= 0.6 is 0 Å². The van der Waals surface area contributed by atoms with Crippen LogP contribution in [0.25, 0.3) is 0 Å². The Morgan fingerprint density at radius 2 is 1.67 bits per heavy atom. The summed E-state index contributed by atoms with van der Waals surface area (Å²) in [5.74, 6) is 1.34. The van der Waals surface area contributed by atoms with Crippen molar-refractivity contribution in [2.45, 2.75) is 52.4 Å². The quantitative estimate of drug-likeness (QED) is 0.816. The highest BCUT2D eigenvalue weighted by atomic mass is 14.8. The lowest BCUT2D eigenvalue weighted by atomic mass is 9.82. The van der Waals surface area contributed by atoms with Crippen LogP contribution in [0.2, 0.25) is 0 Å². The number of hydrogen-bond acceptors (Lipinski definition) is 1. The van der Waals surface area contributed by atoms with Crippen molar-refractivity contribution in [1.82, 2.24) is 5.32 Å². The van der Waals surface area contributed by atoms with Gasteiger partial charge in [0.25, 0.3) is 0 Å². The fraction of sp³-hybridized carbons (Fsp3) is 0.647. The standard InChI is InChI=1S/C17H29N/c1-7-13(2)16(12-18-6)14-8-10-15(11-9-14)17(3,4)5/h8-11,13,16,18H,7,12H2,1-6H3. The van der Waals surface area contributed by atoms with Gasteiger partial charge in [0.1, 0.15) is 0 Å². The van der Waals surface area contributed by atoms with E-state index in [1.807, 2.05) is 7.05 Å². The summed E-state index contributed by atoms with van der Waals surface area (Å²) in [6.45, 7) is 12.5. The van der Waals surface area contributed by atoms with Gasteiger partial charge in [0.2, 0.25) is 0 Å². The maximum atomic E-state index is 3.33. The Morgan fingerprint density at radius 3 is 2.06 bits per heavy atom. The van der Waals surface area contributed by atoms with Crippen molar-refractivity contribution in [2.75, 3.05) is 13.6 Å². The molecular formula is C17H29N. The van der Waals surface area contributed by atoms with Gasteiger partial charge in [0.05, 0.1) is 0 Å². The molecule has 1 nitrogen and oxygen atoms in total. The molecule has 0 radical (unpaired) electrons. The van der Waals surface area contributed by atoms with Gasteiger partial charge in [-0.3, -0.25) is 0 Å². The molecule has 0 amide bonds. The summed E-state index contributed by atoms with van der Waals surface area (Å²) in [6, 6.07) is 9.21. The lowest BCUT2D eigenvalue weighted by Gasteiger charge is -2.25. The van der Waals surface area contributed by atoms with Crippen molar-refractivity contribution < 1.29 is 0 Å². The topological polar surface area (TPSA) is 12.0 Å². The van der Waals surface area contributed by atoms with Gasteiger partial charge >= 0.3 is 0 Å². The minimum absolute atomic E-state index is 0.243. The van der Waals surface area contributed by atoms with Gasteiger partial charge in [-0.05, 0) is 35.4 Å². The van der Waals surface area contributed by atoms with Crippen LogP contribution in [0.15, 0.2) is 24.3 Å². The zero-order valence-electron chi connectivity index (χ0n) is 12.9. The largest absolute Gasteiger partial charge is 0.319 e. The van der Waals surface area contributed by atoms with Crippen molar-refractivity contribution in [3.05, 3.63) is 35.4 Å². The monoisotopic (exact) mass is 247 g/mol. The summed E-state index contributed by atoms with van der Waals surface area (Å²) in [5, 5.41) is 3.33. The number of likely N-dealkylation sites (N-methyl/N-ethyl adjacent to an activating group) is 1. The minimum Gasteiger partial charge on any atom is -0.319 e. The molecule has 2 unspecified atom stereocenters. The summed E-state index contributed by atoms with van der Waals surface area (Å²) in [5.41, 5.74) is 3.12. The molecule has 1 heteroatoms. The summed E-state index contributed by atoms with van der Waals surface area (Å²) in [4.78, 5) is 0. The van der Waals surface area contributed by atoms with E-state index in [0.717, 1.165) is 12.5 Å². The molecule has 1 rings (SSSR count). The lowest BCUT2D eigenvalue weighted by molar-refractivity contribution is 0.431. The van der Waals surface area contributed by atoms with Gasteiger partial charge in [-0.2, -0.15) is 0 Å². The lowest BCUT2D eigenvalue weighted by Crippen LogP contribution is -2.22. The average Bonchev–Trinajstić information content (AvgIpc) is 2.34. The Bertz CT molecular complexity index is 345. The average molecular weight is 247 g/mol. The third-order valence-corrected chi connectivity index (χ3v) is 3.96. The number of rotatable bonds is 5. The normalized spacial score (nSPS) is 15.4. The Kier molecular flexibility index (Phi) is 5.40. The van der Waals surface area contributed by atoms with Crippen molar-refractivity contribution in [2.24, 2.45) is 5.92 Å². The maximum absolute atomic E-state index is 3.33. The predicted molar refractivity (Wildman–Crippen MR) is 81.3 cm³/mol. The van der Waals surface area contributed by atoms with E-state index in [1.165, 1.54) is 17.5 Å². The summed E-state index contributed by atoms with van der Waals surface area (Å²) in [6.07, 6.45) is 1.23. The van der Waals surface area contributed by atoms with Crippen LogP contribution in [0.4, 0.5) is 0 Å². The molecule has 102 valence electrons. The predicted octanol–water partition coefficient (Wildman–Crippen LogP) is 4.33. The Labute approximate surface area is 113 Å². The highest BCUT2D eigenvalue weighted by molar-refractivity contribution is 5.30. The van der Waals surface area contributed by atoms with E-state index in [1.54, 1.807) is 0 Å². The Balaban J connectivity index is 2.93. The first-order valence-corrected chi connectivity index (χ1v) is 7.15. The van der Waals surface area contributed by atoms with Crippen molar-refractivity contribution in [1.29, 1.82) is 0 Å². The highest BCUT2D eigenvalue weighted by Crippen LogP contribution is 2.29. The van der Waals surface area contributed by atoms with Crippen molar-refractivity contribution in [3.8, 4) is 0 Å². The molecule has 0 aliphatic heterocycles. The van der Waals surface area contributed by atoms with Crippen LogP contribution in [0, 0.1) is 5.92 Å². The second-order valence-corrected chi connectivity index (χ2v) is 6.42. The fourth-order valence-electron chi connectivity index (χ4n) is 2.38. The minimum atomic E-state index is 0.243. The molecule has 0 saturated heterocycles. The van der Waals surface area contributed by atoms with Gasteiger partial charge in [-0.25, -0.2) is 0 Å². The van der Waals surface area contributed by atoms with E-state index in [4.69, 9.17) is 0 Å². The zero-order valence-corrected chi connectivity index (χ0v) is 12.9. The van der Waals surface area contributed by atoms with Crippen LogP contribution in [0.3, 0.4) is 0 Å². The van der Waals surface area contributed by atoms with Crippen LogP contribution in [-0.4, -0.2) is 13.6 Å². The Hall–Kier alpha value is -0.820. The molecule has 1 N–H and O–H groups in total. The van der Waals surface area contributed by atoms with E-state index >= 15 is 0 Å². The molecule has 1 aromatic carbocycles. The maximum Gasteiger partial charge on any atom is 0.00197 e. The zero-order chi connectivity index (χ0) is 13.8. The molecule has 1 aromatic rings. The Morgan fingerprint density at radius 1 is 1.11 bits per heavy atom. The van der Waals surface area contributed by atoms with Crippen LogP contribution in [-0.2, 0) is 5.41 Å². The first-order chi connectivity index (χ1) is 8.40. The molecule has 2 atom stereocenters. The molecule has 0 saturated carbocycles. The number of nitrogens with one attached hydrogen (secondary N) is 1. The van der Waals surface area contributed by atoms with Gasteiger partial charge in [-0.1, -0.05) is 65.3 Å². The highest BCUT2D eigenvalue weighted by Gasteiger charge is 2.18. The second kappa shape index (κ2) is 6.38. The van der Waals surface area contributed by atoms with E-state index in [0.29, 0.717) is 5.92 Å².